The van der Waals surface area contributed by atoms with E-state index in [4.69, 9.17) is 4.74 Å². The van der Waals surface area contributed by atoms with Crippen LogP contribution in [-0.2, 0) is 9.53 Å². The zero-order valence-electron chi connectivity index (χ0n) is 22.3. The van der Waals surface area contributed by atoms with Crippen molar-refractivity contribution < 1.29 is 23.9 Å². The number of amides is 5. The molecule has 11 nitrogen and oxygen atoms in total. The lowest BCUT2D eigenvalue weighted by Gasteiger charge is -2.44. The molecule has 0 saturated carbocycles. The number of thiophene rings is 1. The van der Waals surface area contributed by atoms with E-state index >= 15 is 0 Å². The van der Waals surface area contributed by atoms with Gasteiger partial charge >= 0.3 is 12.1 Å². The molecule has 1 atom stereocenters. The van der Waals surface area contributed by atoms with Crippen LogP contribution in [0, 0.1) is 0 Å². The first-order valence-electron chi connectivity index (χ1n) is 13.5. The number of anilines is 1. The standard InChI is InChI=1S/C27H34N6O5S/c1-3-29-25(36)30-22-20(15-21(39-22)18-7-5-11-28-16-18)23(34)31-13-8-19(9-14-31)32-12-6-10-27(17-32)24(35)33(4-2)26(37)38-27/h5,7,11,15-16,19H,3-4,6,8-10,12-14,17H2,1-2H3,(H2,29,30,36). The van der Waals surface area contributed by atoms with Crippen LogP contribution >= 0.6 is 11.3 Å². The smallest absolute Gasteiger partial charge is 0.417 e. The van der Waals surface area contributed by atoms with Crippen LogP contribution in [0.4, 0.5) is 14.6 Å². The van der Waals surface area contributed by atoms with Gasteiger partial charge in [0.25, 0.3) is 11.8 Å². The summed E-state index contributed by atoms with van der Waals surface area (Å²) in [5, 5.41) is 6.07. The van der Waals surface area contributed by atoms with Crippen molar-refractivity contribution in [3.05, 3.63) is 36.2 Å². The van der Waals surface area contributed by atoms with E-state index in [0.717, 1.165) is 36.2 Å². The van der Waals surface area contributed by atoms with E-state index in [0.29, 0.717) is 49.7 Å². The molecular weight excluding hydrogens is 520 g/mol. The van der Waals surface area contributed by atoms with E-state index in [1.165, 1.54) is 16.2 Å². The Morgan fingerprint density at radius 3 is 2.67 bits per heavy atom. The van der Waals surface area contributed by atoms with Gasteiger partial charge in [0.1, 0.15) is 5.00 Å². The molecule has 3 fully saturated rings. The molecule has 2 aromatic heterocycles. The van der Waals surface area contributed by atoms with Crippen molar-refractivity contribution >= 4 is 40.3 Å². The molecule has 208 valence electrons. The van der Waals surface area contributed by atoms with Gasteiger partial charge in [-0.15, -0.1) is 11.3 Å². The molecule has 0 bridgehead atoms. The zero-order valence-corrected chi connectivity index (χ0v) is 23.1. The lowest BCUT2D eigenvalue weighted by molar-refractivity contribution is -0.142. The van der Waals surface area contributed by atoms with Gasteiger partial charge in [0.2, 0.25) is 5.60 Å². The van der Waals surface area contributed by atoms with E-state index in [1.807, 2.05) is 30.0 Å². The summed E-state index contributed by atoms with van der Waals surface area (Å²) in [5.41, 5.74) is 0.253. The fraction of sp³-hybridized carbons (Fsp3) is 0.519. The minimum absolute atomic E-state index is 0.125. The molecule has 0 aromatic carbocycles. The maximum atomic E-state index is 13.7. The molecule has 2 aromatic rings. The lowest BCUT2D eigenvalue weighted by Crippen LogP contribution is -2.58. The third kappa shape index (κ3) is 5.35. The summed E-state index contributed by atoms with van der Waals surface area (Å²) in [7, 11) is 0. The van der Waals surface area contributed by atoms with E-state index < -0.39 is 11.7 Å². The number of nitrogens with zero attached hydrogens (tertiary/aromatic N) is 4. The van der Waals surface area contributed by atoms with Gasteiger partial charge in [0, 0.05) is 61.6 Å². The number of carbonyl (C=O) groups excluding carboxylic acids is 4. The summed E-state index contributed by atoms with van der Waals surface area (Å²) in [6.07, 6.45) is 5.69. The highest BCUT2D eigenvalue weighted by atomic mass is 32.1. The van der Waals surface area contributed by atoms with Crippen molar-refractivity contribution in [2.75, 3.05) is 44.6 Å². The Morgan fingerprint density at radius 1 is 1.21 bits per heavy atom. The Bertz CT molecular complexity index is 1240. The van der Waals surface area contributed by atoms with E-state index in [9.17, 15) is 19.2 Å². The van der Waals surface area contributed by atoms with Gasteiger partial charge in [-0.3, -0.25) is 24.8 Å². The molecule has 3 saturated heterocycles. The molecule has 2 N–H and O–H groups in total. The van der Waals surface area contributed by atoms with Gasteiger partial charge in [0.05, 0.1) is 5.56 Å². The minimum Gasteiger partial charge on any atom is -0.431 e. The largest absolute Gasteiger partial charge is 0.431 e. The maximum Gasteiger partial charge on any atom is 0.417 e. The number of hydrogen-bond donors (Lipinski definition) is 2. The third-order valence-electron chi connectivity index (χ3n) is 7.68. The molecule has 3 aliphatic heterocycles. The topological polar surface area (TPSA) is 124 Å². The lowest BCUT2D eigenvalue weighted by atomic mass is 9.89. The van der Waals surface area contributed by atoms with Crippen LogP contribution in [0.1, 0.15) is 49.9 Å². The molecule has 5 rings (SSSR count). The summed E-state index contributed by atoms with van der Waals surface area (Å²) >= 11 is 1.35. The number of likely N-dealkylation sites (tertiary alicyclic amines) is 2. The first kappa shape index (κ1) is 27.1. The maximum absolute atomic E-state index is 13.7. The number of imide groups is 1. The summed E-state index contributed by atoms with van der Waals surface area (Å²) in [5.74, 6) is -0.360. The quantitative estimate of drug-likeness (QED) is 0.561. The number of rotatable bonds is 6. The molecule has 5 heterocycles. The molecule has 1 unspecified atom stereocenters. The van der Waals surface area contributed by atoms with Crippen LogP contribution < -0.4 is 10.6 Å². The molecule has 1 spiro atoms. The molecule has 39 heavy (non-hydrogen) atoms. The van der Waals surface area contributed by atoms with Gasteiger partial charge in [-0.25, -0.2) is 14.5 Å². The number of likely N-dealkylation sites (N-methyl/N-ethyl adjacent to an activating group) is 1. The van der Waals surface area contributed by atoms with E-state index in [1.54, 1.807) is 19.3 Å². The van der Waals surface area contributed by atoms with Gasteiger partial charge < -0.3 is 15.0 Å². The number of piperidine rings is 2. The predicted molar refractivity (Wildman–Crippen MR) is 147 cm³/mol. The Kier molecular flexibility index (Phi) is 7.85. The van der Waals surface area contributed by atoms with Crippen LogP contribution in [-0.4, -0.2) is 94.5 Å². The van der Waals surface area contributed by atoms with Crippen molar-refractivity contribution in [3.63, 3.8) is 0 Å². The molecule has 0 aliphatic carbocycles. The zero-order chi connectivity index (χ0) is 27.6. The first-order valence-corrected chi connectivity index (χ1v) is 14.3. The highest BCUT2D eigenvalue weighted by Crippen LogP contribution is 2.38. The number of hydrogen-bond acceptors (Lipinski definition) is 8. The van der Waals surface area contributed by atoms with Gasteiger partial charge in [-0.1, -0.05) is 6.07 Å². The number of carbonyl (C=O) groups is 4. The fourth-order valence-electron chi connectivity index (χ4n) is 5.70. The van der Waals surface area contributed by atoms with Crippen LogP contribution in [0.2, 0.25) is 0 Å². The number of urea groups is 1. The highest BCUT2D eigenvalue weighted by Gasteiger charge is 2.55. The normalized spacial score (nSPS) is 22.3. The molecule has 3 aliphatic rings. The highest BCUT2D eigenvalue weighted by molar-refractivity contribution is 7.20. The Balaban J connectivity index is 1.27. The van der Waals surface area contributed by atoms with Crippen LogP contribution in [0.5, 0.6) is 0 Å². The van der Waals surface area contributed by atoms with Gasteiger partial charge in [-0.05, 0) is 58.2 Å². The second-order valence-corrected chi connectivity index (χ2v) is 11.1. The monoisotopic (exact) mass is 554 g/mol. The average molecular weight is 555 g/mol. The number of pyridine rings is 1. The van der Waals surface area contributed by atoms with Crippen molar-refractivity contribution in [2.24, 2.45) is 0 Å². The van der Waals surface area contributed by atoms with Crippen LogP contribution in [0.3, 0.4) is 0 Å². The number of aromatic nitrogens is 1. The Hall–Kier alpha value is -3.51. The fourth-order valence-corrected chi connectivity index (χ4v) is 6.73. The number of ether oxygens (including phenoxy) is 1. The molecule has 0 radical (unpaired) electrons. The van der Waals surface area contributed by atoms with Crippen molar-refractivity contribution in [1.29, 1.82) is 0 Å². The Morgan fingerprint density at radius 2 is 2.00 bits per heavy atom. The molecule has 12 heteroatoms. The minimum atomic E-state index is -1.09. The summed E-state index contributed by atoms with van der Waals surface area (Å²) in [6.45, 7) is 6.73. The summed E-state index contributed by atoms with van der Waals surface area (Å²) < 4.78 is 5.63. The molecule has 5 amide bonds. The third-order valence-corrected chi connectivity index (χ3v) is 8.78. The van der Waals surface area contributed by atoms with E-state index in [2.05, 4.69) is 20.5 Å². The average Bonchev–Trinajstić information content (AvgIpc) is 3.46. The van der Waals surface area contributed by atoms with Crippen molar-refractivity contribution in [1.82, 2.24) is 25.0 Å². The van der Waals surface area contributed by atoms with E-state index in [-0.39, 0.29) is 23.9 Å². The number of nitrogens with one attached hydrogen (secondary N) is 2. The van der Waals surface area contributed by atoms with Gasteiger partial charge in [0.15, 0.2) is 0 Å². The SMILES string of the molecule is CCNC(=O)Nc1sc(-c2cccnc2)cc1C(=O)N1CCC(N2CCCC3(C2)OC(=O)N(CC)C3=O)CC1. The summed E-state index contributed by atoms with van der Waals surface area (Å²) in [6, 6.07) is 5.42. The second kappa shape index (κ2) is 11.3. The van der Waals surface area contributed by atoms with Crippen molar-refractivity contribution in [3.8, 4) is 10.4 Å². The molecular formula is C27H34N6O5S. The van der Waals surface area contributed by atoms with Crippen LogP contribution in [0.15, 0.2) is 30.6 Å². The summed E-state index contributed by atoms with van der Waals surface area (Å²) in [4.78, 5) is 61.5. The Labute approximate surface area is 231 Å². The first-order chi connectivity index (χ1) is 18.8. The predicted octanol–water partition coefficient (Wildman–Crippen LogP) is 3.39. The second-order valence-electron chi connectivity index (χ2n) is 10.1. The van der Waals surface area contributed by atoms with Gasteiger partial charge in [-0.2, -0.15) is 0 Å². The van der Waals surface area contributed by atoms with Crippen molar-refractivity contribution in [2.45, 2.75) is 51.2 Å². The van der Waals surface area contributed by atoms with Crippen LogP contribution in [0.25, 0.3) is 10.4 Å².